The normalized spacial score (nSPS) is 24.1. The molecule has 2 saturated carbocycles. The molecule has 4 fully saturated rings. The Labute approximate surface area is 372 Å². The summed E-state index contributed by atoms with van der Waals surface area (Å²) in [7, 11) is 1.54. The molecule has 3 aromatic rings. The lowest BCUT2D eigenvalue weighted by molar-refractivity contribution is -0.164. The van der Waals surface area contributed by atoms with Gasteiger partial charge in [0.2, 0.25) is 11.8 Å². The number of carbonyl (C=O) groups is 4. The van der Waals surface area contributed by atoms with Crippen molar-refractivity contribution in [2.24, 2.45) is 16.7 Å². The van der Waals surface area contributed by atoms with Crippen molar-refractivity contribution in [1.29, 1.82) is 5.26 Å². The van der Waals surface area contributed by atoms with Crippen LogP contribution in [0.4, 0.5) is 5.69 Å². The predicted molar refractivity (Wildman–Crippen MR) is 241 cm³/mol. The van der Waals surface area contributed by atoms with Crippen molar-refractivity contribution < 1.29 is 33.4 Å². The van der Waals surface area contributed by atoms with Crippen molar-refractivity contribution in [2.75, 3.05) is 31.6 Å². The second-order valence-corrected chi connectivity index (χ2v) is 19.6. The molecule has 2 aliphatic carbocycles. The second-order valence-electron chi connectivity index (χ2n) is 19.6. The van der Waals surface area contributed by atoms with Gasteiger partial charge in [0.15, 0.2) is 11.5 Å². The van der Waals surface area contributed by atoms with E-state index in [9.17, 15) is 24.4 Å². The molecule has 0 radical (unpaired) electrons. The van der Waals surface area contributed by atoms with Crippen molar-refractivity contribution in [2.45, 2.75) is 130 Å². The van der Waals surface area contributed by atoms with Gasteiger partial charge < -0.3 is 29.7 Å². The molecule has 0 bridgehead atoms. The molecule has 63 heavy (non-hydrogen) atoms. The van der Waals surface area contributed by atoms with Gasteiger partial charge in [0, 0.05) is 84.7 Å². The Hall–Kier alpha value is -5.61. The number of aryl methyl sites for hydroxylation is 2. The van der Waals surface area contributed by atoms with Crippen LogP contribution in [-0.2, 0) is 9.59 Å². The summed E-state index contributed by atoms with van der Waals surface area (Å²) < 4.78 is 18.5. The molecule has 4 amide bonds. The lowest BCUT2D eigenvalue weighted by Crippen LogP contribution is -2.74. The minimum Gasteiger partial charge on any atom is -0.493 e. The van der Waals surface area contributed by atoms with Crippen molar-refractivity contribution in [3.05, 3.63) is 82.4 Å². The Morgan fingerprint density at radius 2 is 1.49 bits per heavy atom. The smallest absolute Gasteiger partial charge is 0.252 e. The van der Waals surface area contributed by atoms with Crippen LogP contribution in [-0.4, -0.2) is 91.6 Å². The fraction of sp³-hybridized carbons (Fsp3) is 0.540. The number of piperidine rings is 2. The zero-order valence-electron chi connectivity index (χ0n) is 38.3. The summed E-state index contributed by atoms with van der Waals surface area (Å²) in [5.41, 5.74) is 3.97. The number of hydrogen-bond donors (Lipinski definition) is 3. The van der Waals surface area contributed by atoms with Crippen LogP contribution in [0.3, 0.4) is 0 Å². The Morgan fingerprint density at radius 3 is 2.08 bits per heavy atom. The van der Waals surface area contributed by atoms with Gasteiger partial charge in [0.1, 0.15) is 24.0 Å². The summed E-state index contributed by atoms with van der Waals surface area (Å²) in [5.74, 6) is 1.03. The first-order chi connectivity index (χ1) is 29.9. The highest BCUT2D eigenvalue weighted by atomic mass is 16.5. The third-order valence-corrected chi connectivity index (χ3v) is 14.0. The number of methoxy groups -OCH3 is 1. The molecule has 3 aromatic carbocycles. The van der Waals surface area contributed by atoms with Crippen LogP contribution in [0.2, 0.25) is 0 Å². The molecule has 1 unspecified atom stereocenters. The van der Waals surface area contributed by atoms with Gasteiger partial charge >= 0.3 is 0 Å². The van der Waals surface area contributed by atoms with Crippen molar-refractivity contribution in [3.63, 3.8) is 0 Å². The van der Waals surface area contributed by atoms with E-state index in [0.717, 1.165) is 67.9 Å². The number of ether oxygens (including phenoxy) is 3. The third-order valence-electron chi connectivity index (χ3n) is 14.0. The summed E-state index contributed by atoms with van der Waals surface area (Å²) in [5, 5.41) is 17.8. The minimum absolute atomic E-state index is 0.0339. The van der Waals surface area contributed by atoms with Crippen molar-refractivity contribution in [3.8, 4) is 23.3 Å². The van der Waals surface area contributed by atoms with E-state index in [1.807, 2.05) is 38.1 Å². The molecule has 0 aromatic heterocycles. The largest absolute Gasteiger partial charge is 0.493 e. The zero-order chi connectivity index (χ0) is 45.4. The van der Waals surface area contributed by atoms with Gasteiger partial charge in [-0.05, 0) is 119 Å². The fourth-order valence-electron chi connectivity index (χ4n) is 10.7. The number of amides is 4. The van der Waals surface area contributed by atoms with Crippen molar-refractivity contribution in [1.82, 2.24) is 20.9 Å². The van der Waals surface area contributed by atoms with E-state index >= 15 is 0 Å². The van der Waals surface area contributed by atoms with E-state index in [1.54, 1.807) is 25.3 Å². The molecule has 4 aliphatic rings. The van der Waals surface area contributed by atoms with Crippen LogP contribution in [0.25, 0.3) is 0 Å². The topological polar surface area (TPSA) is 162 Å². The highest BCUT2D eigenvalue weighted by molar-refractivity contribution is 6.04. The number of benzene rings is 3. The van der Waals surface area contributed by atoms with Crippen LogP contribution < -0.4 is 35.1 Å². The first-order valence-electron chi connectivity index (χ1n) is 22.5. The van der Waals surface area contributed by atoms with E-state index in [0.29, 0.717) is 46.2 Å². The Morgan fingerprint density at radius 1 is 0.873 bits per heavy atom. The number of hydrogen-bond acceptors (Lipinski definition) is 10. The van der Waals surface area contributed by atoms with Crippen LogP contribution >= 0.6 is 0 Å². The van der Waals surface area contributed by atoms with Crippen LogP contribution in [0, 0.1) is 41.9 Å². The first-order valence-corrected chi connectivity index (χ1v) is 22.5. The highest BCUT2D eigenvalue weighted by Crippen LogP contribution is 2.55. The molecule has 2 saturated heterocycles. The number of nitrogens with zero attached hydrogens (tertiary/aromatic N) is 3. The second kappa shape index (κ2) is 18.2. The maximum absolute atomic E-state index is 13.6. The average Bonchev–Trinajstić information content (AvgIpc) is 3.23. The molecule has 336 valence electrons. The van der Waals surface area contributed by atoms with E-state index < -0.39 is 17.9 Å². The molecule has 1 atom stereocenters. The van der Waals surface area contributed by atoms with Crippen LogP contribution in [0.5, 0.6) is 17.2 Å². The Bertz CT molecular complexity index is 2210. The van der Waals surface area contributed by atoms with E-state index in [2.05, 4.69) is 85.5 Å². The molecular weight excluding hydrogens is 797 g/mol. The maximum Gasteiger partial charge on any atom is 0.252 e. The maximum atomic E-state index is 13.6. The number of rotatable bonds is 14. The number of nitriles is 1. The average molecular weight is 861 g/mol. The lowest BCUT2D eigenvalue weighted by atomic mass is 9.49. The predicted octanol–water partition coefficient (Wildman–Crippen LogP) is 6.87. The van der Waals surface area contributed by atoms with Crippen LogP contribution in [0.15, 0.2) is 54.6 Å². The lowest BCUT2D eigenvalue weighted by Gasteiger charge is -2.63. The SMILES string of the molecule is COc1cc(C(=O)NC2CCC(=O)NC2=O)ccc1O[C@H]1C[C@H](N(CC2CCN(c3ccc(C(=O)N[C@H]4C(C)(C)[C@H](Oc5cc(C)c(C#N)c(C)c5)C4(C)C)cc3)CC2)C(C)C)C1. The van der Waals surface area contributed by atoms with Gasteiger partial charge in [-0.2, -0.15) is 5.26 Å². The standard InChI is InChI=1S/C50H64N6O7/c1-29(2)56(36-25-38(26-36)62-41-16-12-34(24-42(41)61-9)45(59)52-40-15-17-43(57)53-46(40)60)28-32-18-20-55(21-19-32)35-13-10-33(11-14-35)44(58)54-47-49(5,6)48(50(47,7)8)63-37-22-30(3)39(27-51)31(4)23-37/h10-14,16,22-24,29,32,36,38,40,47-48H,15,17-21,25-26,28H2,1-9H3,(H,52,59)(H,54,58)(H,53,57,60)/t36-,38-,40?,47-,48-. The van der Waals surface area contributed by atoms with E-state index in [4.69, 9.17) is 14.2 Å². The van der Waals surface area contributed by atoms with E-state index in [1.165, 1.54) is 0 Å². The molecular formula is C50H64N6O7. The fourth-order valence-corrected chi connectivity index (χ4v) is 10.7. The Kier molecular flexibility index (Phi) is 13.1. The van der Waals surface area contributed by atoms with Gasteiger partial charge in [0.05, 0.1) is 18.7 Å². The molecule has 3 N–H and O–H groups in total. The molecule has 13 heteroatoms. The van der Waals surface area contributed by atoms with Crippen molar-refractivity contribution >= 4 is 29.3 Å². The molecule has 13 nitrogen and oxygen atoms in total. The number of anilines is 1. The van der Waals surface area contributed by atoms with Gasteiger partial charge in [-0.15, -0.1) is 0 Å². The quantitative estimate of drug-likeness (QED) is 0.146. The molecule has 7 rings (SSSR count). The van der Waals surface area contributed by atoms with Gasteiger partial charge in [-0.3, -0.25) is 29.4 Å². The number of imide groups is 1. The van der Waals surface area contributed by atoms with Gasteiger partial charge in [-0.25, -0.2) is 0 Å². The van der Waals surface area contributed by atoms with E-state index in [-0.39, 0.29) is 53.7 Å². The Balaban J connectivity index is 0.863. The number of carbonyl (C=O) groups excluding carboxylic acids is 4. The monoisotopic (exact) mass is 860 g/mol. The summed E-state index contributed by atoms with van der Waals surface area (Å²) in [6.45, 7) is 19.9. The number of nitrogens with one attached hydrogen (secondary N) is 3. The summed E-state index contributed by atoms with van der Waals surface area (Å²) >= 11 is 0. The summed E-state index contributed by atoms with van der Waals surface area (Å²) in [6.07, 6.45) is 4.35. The van der Waals surface area contributed by atoms with Gasteiger partial charge in [-0.1, -0.05) is 27.7 Å². The molecule has 0 spiro atoms. The third kappa shape index (κ3) is 9.52. The summed E-state index contributed by atoms with van der Waals surface area (Å²) in [6, 6.07) is 19.1. The molecule has 2 heterocycles. The first kappa shape index (κ1) is 45.4. The highest BCUT2D eigenvalue weighted by Gasteiger charge is 2.64. The van der Waals surface area contributed by atoms with Crippen LogP contribution in [0.1, 0.15) is 117 Å². The zero-order valence-corrected chi connectivity index (χ0v) is 38.3. The van der Waals surface area contributed by atoms with Gasteiger partial charge in [0.25, 0.3) is 11.8 Å². The summed E-state index contributed by atoms with van der Waals surface area (Å²) in [4.78, 5) is 55.2. The molecule has 2 aliphatic heterocycles. The minimum atomic E-state index is -0.757.